The minimum absolute atomic E-state index is 0.583. The van der Waals surface area contributed by atoms with E-state index < -0.39 is 0 Å². The lowest BCUT2D eigenvalue weighted by Crippen LogP contribution is -2.33. The first-order valence-electron chi connectivity index (χ1n) is 13.7. The third-order valence-electron chi connectivity index (χ3n) is 7.33. The number of hydrogen-bond acceptors (Lipinski definition) is 6. The SMILES string of the molecule is C=C1C(Cc2ccc(-c3ccccc3-c3nn[nH]n3)cc2)=C(CCCC)N=C(C)N1c1ccc2ccccc2n1. The first-order valence-corrected chi connectivity index (χ1v) is 13.7. The van der Waals surface area contributed by atoms with Crippen LogP contribution in [0.3, 0.4) is 0 Å². The Morgan fingerprint density at radius 3 is 2.42 bits per heavy atom. The Balaban J connectivity index is 1.32. The summed E-state index contributed by atoms with van der Waals surface area (Å²) in [5.41, 5.74) is 8.48. The first-order chi connectivity index (χ1) is 19.6. The number of aliphatic imine (C=N–C) groups is 1. The standard InChI is InChI=1S/C33H31N7/c1-4-5-13-31-29(22(2)40(23(3)34-31)32-20-19-26-10-6-9-14-30(26)35-32)21-24-15-17-25(18-16-24)27-11-7-8-12-28(27)33-36-38-39-37-33/h6-12,14-20H,2,4-5,13,21H2,1,3H3,(H,36,37,38,39). The molecule has 0 bridgehead atoms. The van der Waals surface area contributed by atoms with Gasteiger partial charge in [0.15, 0.2) is 0 Å². The number of nitrogens with zero attached hydrogens (tertiary/aromatic N) is 6. The average molecular weight is 526 g/mol. The Morgan fingerprint density at radius 1 is 0.875 bits per heavy atom. The highest BCUT2D eigenvalue weighted by molar-refractivity contribution is 6.01. The molecule has 40 heavy (non-hydrogen) atoms. The van der Waals surface area contributed by atoms with Crippen molar-refractivity contribution >= 4 is 22.6 Å². The van der Waals surface area contributed by atoms with Crippen molar-refractivity contribution < 1.29 is 0 Å². The van der Waals surface area contributed by atoms with E-state index in [-0.39, 0.29) is 0 Å². The number of allylic oxidation sites excluding steroid dienone is 2. The number of amidine groups is 1. The van der Waals surface area contributed by atoms with E-state index in [0.717, 1.165) is 81.9 Å². The van der Waals surface area contributed by atoms with Crippen molar-refractivity contribution in [3.63, 3.8) is 0 Å². The van der Waals surface area contributed by atoms with E-state index in [9.17, 15) is 0 Å². The van der Waals surface area contributed by atoms with E-state index in [1.54, 1.807) is 0 Å². The van der Waals surface area contributed by atoms with Crippen LogP contribution in [0.15, 0.2) is 113 Å². The molecule has 0 saturated carbocycles. The van der Waals surface area contributed by atoms with Crippen molar-refractivity contribution in [2.45, 2.75) is 39.5 Å². The molecule has 0 fully saturated rings. The number of unbranched alkanes of at least 4 members (excludes halogenated alkanes) is 1. The third-order valence-corrected chi connectivity index (χ3v) is 7.33. The van der Waals surface area contributed by atoms with E-state index in [4.69, 9.17) is 9.98 Å². The monoisotopic (exact) mass is 525 g/mol. The lowest BCUT2D eigenvalue weighted by molar-refractivity contribution is 0.766. The Labute approximate surface area is 234 Å². The molecule has 198 valence electrons. The molecule has 1 aliphatic heterocycles. The number of fused-ring (bicyclic) bond motifs is 1. The number of rotatable bonds is 8. The Hall–Kier alpha value is -4.91. The molecule has 1 N–H and O–H groups in total. The molecule has 3 aromatic carbocycles. The number of para-hydroxylation sites is 1. The number of benzene rings is 3. The molecule has 0 unspecified atom stereocenters. The average Bonchev–Trinajstić information content (AvgIpc) is 3.53. The number of aromatic amines is 1. The van der Waals surface area contributed by atoms with Crippen molar-refractivity contribution in [2.75, 3.05) is 4.90 Å². The van der Waals surface area contributed by atoms with E-state index in [1.165, 1.54) is 5.56 Å². The highest BCUT2D eigenvalue weighted by Crippen LogP contribution is 2.35. The number of tetrazole rings is 1. The molecular weight excluding hydrogens is 494 g/mol. The number of H-pyrrole nitrogens is 1. The van der Waals surface area contributed by atoms with Gasteiger partial charge >= 0.3 is 0 Å². The number of hydrogen-bond donors (Lipinski definition) is 1. The second kappa shape index (κ2) is 11.1. The summed E-state index contributed by atoms with van der Waals surface area (Å²) in [6, 6.07) is 29.1. The van der Waals surface area contributed by atoms with Crippen LogP contribution in [0.2, 0.25) is 0 Å². The summed E-state index contributed by atoms with van der Waals surface area (Å²) < 4.78 is 0. The molecular formula is C33H31N7. The summed E-state index contributed by atoms with van der Waals surface area (Å²) in [6.07, 6.45) is 3.87. The van der Waals surface area contributed by atoms with Crippen molar-refractivity contribution in [3.8, 4) is 22.5 Å². The van der Waals surface area contributed by atoms with Gasteiger partial charge in [0, 0.05) is 34.3 Å². The predicted molar refractivity (Wildman–Crippen MR) is 162 cm³/mol. The van der Waals surface area contributed by atoms with Crippen LogP contribution in [0, 0.1) is 0 Å². The summed E-state index contributed by atoms with van der Waals surface area (Å²) in [4.78, 5) is 12.1. The van der Waals surface area contributed by atoms with Crippen LogP contribution >= 0.6 is 0 Å². The van der Waals surface area contributed by atoms with Gasteiger partial charge in [-0.25, -0.2) is 9.98 Å². The zero-order chi connectivity index (χ0) is 27.5. The normalized spacial score (nSPS) is 13.7. The fraction of sp³-hybridized carbons (Fsp3) is 0.182. The fourth-order valence-electron chi connectivity index (χ4n) is 5.26. The molecule has 7 heteroatoms. The van der Waals surface area contributed by atoms with Crippen molar-refractivity contribution in [2.24, 2.45) is 4.99 Å². The third kappa shape index (κ3) is 4.94. The van der Waals surface area contributed by atoms with Gasteiger partial charge in [-0.15, -0.1) is 10.2 Å². The van der Waals surface area contributed by atoms with Crippen LogP contribution in [-0.2, 0) is 6.42 Å². The smallest absolute Gasteiger partial charge is 0.205 e. The van der Waals surface area contributed by atoms with Crippen molar-refractivity contribution in [3.05, 3.63) is 114 Å². The first kappa shape index (κ1) is 25.4. The maximum Gasteiger partial charge on any atom is 0.205 e. The largest absolute Gasteiger partial charge is 0.283 e. The minimum Gasteiger partial charge on any atom is -0.283 e. The van der Waals surface area contributed by atoms with Gasteiger partial charge in [0.2, 0.25) is 5.82 Å². The second-order valence-corrected chi connectivity index (χ2v) is 9.99. The quantitative estimate of drug-likeness (QED) is 0.226. The van der Waals surface area contributed by atoms with Crippen molar-refractivity contribution in [1.82, 2.24) is 25.6 Å². The minimum atomic E-state index is 0.583. The van der Waals surface area contributed by atoms with Gasteiger partial charge < -0.3 is 0 Å². The maximum absolute atomic E-state index is 5.09. The molecule has 0 saturated heterocycles. The van der Waals surface area contributed by atoms with Gasteiger partial charge in [0.1, 0.15) is 11.7 Å². The van der Waals surface area contributed by atoms with E-state index in [0.29, 0.717) is 5.82 Å². The molecule has 7 nitrogen and oxygen atoms in total. The van der Waals surface area contributed by atoms with Crippen molar-refractivity contribution in [1.29, 1.82) is 0 Å². The van der Waals surface area contributed by atoms with Gasteiger partial charge in [-0.05, 0) is 59.9 Å². The zero-order valence-electron chi connectivity index (χ0n) is 22.8. The van der Waals surface area contributed by atoms with Gasteiger partial charge in [-0.2, -0.15) is 5.21 Å². The summed E-state index contributed by atoms with van der Waals surface area (Å²) in [5.74, 6) is 2.32. The van der Waals surface area contributed by atoms with Gasteiger partial charge in [-0.1, -0.05) is 86.7 Å². The molecule has 1 aliphatic rings. The molecule has 3 heterocycles. The zero-order valence-corrected chi connectivity index (χ0v) is 22.8. The molecule has 6 rings (SSSR count). The van der Waals surface area contributed by atoms with Gasteiger partial charge in [0.25, 0.3) is 0 Å². The van der Waals surface area contributed by atoms with Gasteiger partial charge in [0.05, 0.1) is 5.52 Å². The highest BCUT2D eigenvalue weighted by atomic mass is 15.5. The van der Waals surface area contributed by atoms with Crippen LogP contribution in [0.1, 0.15) is 38.7 Å². The number of anilines is 1. The van der Waals surface area contributed by atoms with Crippen LogP contribution < -0.4 is 4.90 Å². The molecule has 0 atom stereocenters. The molecule has 0 radical (unpaired) electrons. The summed E-state index contributed by atoms with van der Waals surface area (Å²) in [7, 11) is 0. The van der Waals surface area contributed by atoms with Crippen LogP contribution in [-0.4, -0.2) is 31.4 Å². The predicted octanol–water partition coefficient (Wildman–Crippen LogP) is 7.52. The molecule has 5 aromatic rings. The van der Waals surface area contributed by atoms with Gasteiger partial charge in [-0.3, -0.25) is 4.90 Å². The molecule has 0 amide bonds. The van der Waals surface area contributed by atoms with Crippen LogP contribution in [0.4, 0.5) is 5.82 Å². The van der Waals surface area contributed by atoms with E-state index in [1.807, 2.05) is 43.3 Å². The molecule has 0 aliphatic carbocycles. The van der Waals surface area contributed by atoms with Crippen LogP contribution in [0.25, 0.3) is 33.4 Å². The molecule has 2 aromatic heterocycles. The lowest BCUT2D eigenvalue weighted by Gasteiger charge is -2.32. The molecule has 0 spiro atoms. The summed E-state index contributed by atoms with van der Waals surface area (Å²) in [5, 5.41) is 15.7. The highest BCUT2D eigenvalue weighted by Gasteiger charge is 2.26. The Morgan fingerprint density at radius 2 is 1.65 bits per heavy atom. The summed E-state index contributed by atoms with van der Waals surface area (Å²) in [6.45, 7) is 8.82. The van der Waals surface area contributed by atoms with E-state index in [2.05, 4.69) is 87.6 Å². The number of aromatic nitrogens is 5. The second-order valence-electron chi connectivity index (χ2n) is 9.99. The lowest BCUT2D eigenvalue weighted by atomic mass is 9.94. The van der Waals surface area contributed by atoms with E-state index >= 15 is 0 Å². The Bertz CT molecular complexity index is 1730. The number of pyridine rings is 1. The maximum atomic E-state index is 5.09. The van der Waals surface area contributed by atoms with Crippen LogP contribution in [0.5, 0.6) is 0 Å². The number of nitrogens with one attached hydrogen (secondary N) is 1. The topological polar surface area (TPSA) is 82.9 Å². The fourth-order valence-corrected chi connectivity index (χ4v) is 5.26. The Kier molecular flexibility index (Phi) is 7.02. The summed E-state index contributed by atoms with van der Waals surface area (Å²) >= 11 is 0.